The third kappa shape index (κ3) is 4.31. The van der Waals surface area contributed by atoms with Gasteiger partial charge in [0.25, 0.3) is 0 Å². The average molecular weight is 388 g/mol. The van der Waals surface area contributed by atoms with Crippen LogP contribution in [-0.2, 0) is 11.2 Å². The monoisotopic (exact) mass is 388 g/mol. The molecule has 3 rings (SSSR count). The Kier molecular flexibility index (Phi) is 6.57. The molecule has 28 heavy (non-hydrogen) atoms. The first-order valence-corrected chi connectivity index (χ1v) is 9.52. The van der Waals surface area contributed by atoms with E-state index in [2.05, 4.69) is 0 Å². The maximum absolute atomic E-state index is 10.4. The Hall–Kier alpha value is -2.12. The summed E-state index contributed by atoms with van der Waals surface area (Å²) in [7, 11) is 1.62. The highest BCUT2D eigenvalue weighted by molar-refractivity contribution is 5.42. The molecule has 152 valence electrons. The first kappa shape index (κ1) is 20.6. The minimum atomic E-state index is -1.26. The number of rotatable bonds is 6. The van der Waals surface area contributed by atoms with Gasteiger partial charge in [-0.1, -0.05) is 18.2 Å². The second-order valence-corrected chi connectivity index (χ2v) is 7.06. The second kappa shape index (κ2) is 8.92. The Morgan fingerprint density at radius 1 is 0.964 bits per heavy atom. The summed E-state index contributed by atoms with van der Waals surface area (Å²) in [5, 5.41) is 30.4. The molecule has 0 bridgehead atoms. The van der Waals surface area contributed by atoms with Gasteiger partial charge in [-0.25, -0.2) is 0 Å². The number of methoxy groups -OCH3 is 1. The Bertz CT molecular complexity index is 775. The molecule has 1 aliphatic heterocycles. The lowest BCUT2D eigenvalue weighted by Crippen LogP contribution is -2.53. The maximum Gasteiger partial charge on any atom is 0.122 e. The molecule has 2 aromatic rings. The number of hydrogen-bond donors (Lipinski definition) is 3. The van der Waals surface area contributed by atoms with Gasteiger partial charge in [-0.15, -0.1) is 0 Å². The van der Waals surface area contributed by atoms with E-state index >= 15 is 0 Å². The molecule has 0 spiro atoms. The third-order valence-electron chi connectivity index (χ3n) is 5.11. The first-order chi connectivity index (χ1) is 13.4. The van der Waals surface area contributed by atoms with Crippen molar-refractivity contribution in [1.82, 2.24) is 0 Å². The zero-order chi connectivity index (χ0) is 20.3. The number of aliphatic hydroxyl groups excluding tert-OH is 3. The van der Waals surface area contributed by atoms with Gasteiger partial charge in [0.2, 0.25) is 0 Å². The summed E-state index contributed by atoms with van der Waals surface area (Å²) in [6.45, 7) is 4.25. The molecule has 0 aromatic heterocycles. The van der Waals surface area contributed by atoms with Crippen LogP contribution >= 0.6 is 0 Å². The molecule has 2 aromatic carbocycles. The SMILES string of the molecule is CCOc1ccc(Cc2cc([C@@H]3O[C@H](C)[C@@H](O)[C@H](O)[C@H]3O)ccc2OC)cc1. The topological polar surface area (TPSA) is 88.4 Å². The van der Waals surface area contributed by atoms with E-state index in [4.69, 9.17) is 14.2 Å². The zero-order valence-corrected chi connectivity index (χ0v) is 16.4. The number of hydrogen-bond acceptors (Lipinski definition) is 6. The molecule has 3 N–H and O–H groups in total. The van der Waals surface area contributed by atoms with Gasteiger partial charge < -0.3 is 29.5 Å². The van der Waals surface area contributed by atoms with Crippen LogP contribution in [0.2, 0.25) is 0 Å². The van der Waals surface area contributed by atoms with Crippen LogP contribution in [0, 0.1) is 0 Å². The van der Waals surface area contributed by atoms with Gasteiger partial charge in [-0.05, 0) is 54.8 Å². The zero-order valence-electron chi connectivity index (χ0n) is 16.4. The van der Waals surface area contributed by atoms with Crippen LogP contribution in [-0.4, -0.2) is 53.5 Å². The van der Waals surface area contributed by atoms with Crippen LogP contribution in [0.25, 0.3) is 0 Å². The molecule has 1 aliphatic rings. The fourth-order valence-electron chi connectivity index (χ4n) is 3.53. The molecule has 0 unspecified atom stereocenters. The van der Waals surface area contributed by atoms with Crippen molar-refractivity contribution in [2.24, 2.45) is 0 Å². The van der Waals surface area contributed by atoms with Gasteiger partial charge in [-0.3, -0.25) is 0 Å². The lowest BCUT2D eigenvalue weighted by Gasteiger charge is -2.39. The number of ether oxygens (including phenoxy) is 3. The van der Waals surface area contributed by atoms with E-state index in [0.29, 0.717) is 13.0 Å². The number of aliphatic hydroxyl groups is 3. The molecule has 0 aliphatic carbocycles. The predicted octanol–water partition coefficient (Wildman–Crippen LogP) is 2.23. The molecule has 6 heteroatoms. The van der Waals surface area contributed by atoms with Crippen molar-refractivity contribution in [3.8, 4) is 11.5 Å². The summed E-state index contributed by atoms with van der Waals surface area (Å²) in [6, 6.07) is 13.4. The van der Waals surface area contributed by atoms with Gasteiger partial charge in [-0.2, -0.15) is 0 Å². The molecule has 0 radical (unpaired) electrons. The highest BCUT2D eigenvalue weighted by Crippen LogP contribution is 2.35. The first-order valence-electron chi connectivity index (χ1n) is 9.52. The van der Waals surface area contributed by atoms with Crippen molar-refractivity contribution in [2.45, 2.75) is 50.8 Å². The summed E-state index contributed by atoms with van der Waals surface area (Å²) in [4.78, 5) is 0. The fourth-order valence-corrected chi connectivity index (χ4v) is 3.53. The summed E-state index contributed by atoms with van der Waals surface area (Å²) in [5.41, 5.74) is 2.76. The Morgan fingerprint density at radius 3 is 2.32 bits per heavy atom. The highest BCUT2D eigenvalue weighted by Gasteiger charge is 2.42. The molecular formula is C22H28O6. The minimum Gasteiger partial charge on any atom is -0.496 e. The van der Waals surface area contributed by atoms with Crippen molar-refractivity contribution < 1.29 is 29.5 Å². The maximum atomic E-state index is 10.4. The summed E-state index contributed by atoms with van der Waals surface area (Å²) < 4.78 is 16.7. The van der Waals surface area contributed by atoms with E-state index in [-0.39, 0.29) is 0 Å². The van der Waals surface area contributed by atoms with Gasteiger partial charge in [0, 0.05) is 6.42 Å². The van der Waals surface area contributed by atoms with Gasteiger partial charge in [0.05, 0.1) is 19.8 Å². The second-order valence-electron chi connectivity index (χ2n) is 7.06. The van der Waals surface area contributed by atoms with Crippen LogP contribution in [0.4, 0.5) is 0 Å². The van der Waals surface area contributed by atoms with Crippen LogP contribution in [0.3, 0.4) is 0 Å². The molecule has 1 fully saturated rings. The van der Waals surface area contributed by atoms with E-state index in [1.165, 1.54) is 0 Å². The molecule has 1 heterocycles. The van der Waals surface area contributed by atoms with Crippen LogP contribution < -0.4 is 9.47 Å². The quantitative estimate of drug-likeness (QED) is 0.703. The normalized spacial score (nSPS) is 27.4. The van der Waals surface area contributed by atoms with Crippen LogP contribution in [0.1, 0.15) is 36.6 Å². The fraction of sp³-hybridized carbons (Fsp3) is 0.455. The summed E-state index contributed by atoms with van der Waals surface area (Å²) in [6.07, 6.45) is -4.26. The van der Waals surface area contributed by atoms with Gasteiger partial charge in [0.15, 0.2) is 0 Å². The van der Waals surface area contributed by atoms with Crippen molar-refractivity contribution >= 4 is 0 Å². The molecule has 1 saturated heterocycles. The van der Waals surface area contributed by atoms with E-state index in [9.17, 15) is 15.3 Å². The van der Waals surface area contributed by atoms with Crippen molar-refractivity contribution in [3.63, 3.8) is 0 Å². The third-order valence-corrected chi connectivity index (χ3v) is 5.11. The van der Waals surface area contributed by atoms with Crippen LogP contribution in [0.5, 0.6) is 11.5 Å². The van der Waals surface area contributed by atoms with Gasteiger partial charge >= 0.3 is 0 Å². The average Bonchev–Trinajstić information content (AvgIpc) is 2.71. The smallest absolute Gasteiger partial charge is 0.122 e. The Labute approximate surface area is 165 Å². The number of benzene rings is 2. The lowest BCUT2D eigenvalue weighted by molar-refractivity contribution is -0.219. The lowest BCUT2D eigenvalue weighted by atomic mass is 9.90. The standard InChI is InChI=1S/C22H28O6/c1-4-27-17-8-5-14(6-9-17)11-16-12-15(7-10-18(16)26-3)22-21(25)20(24)19(23)13(2)28-22/h5-10,12-13,19-25H,4,11H2,1-3H3/t13-,19-,20+,21-,22+/m1/s1. The van der Waals surface area contributed by atoms with Crippen molar-refractivity contribution in [2.75, 3.05) is 13.7 Å². The van der Waals surface area contributed by atoms with Crippen LogP contribution in [0.15, 0.2) is 42.5 Å². The van der Waals surface area contributed by atoms with E-state index < -0.39 is 30.5 Å². The molecule has 5 atom stereocenters. The van der Waals surface area contributed by atoms with Crippen molar-refractivity contribution in [3.05, 3.63) is 59.2 Å². The highest BCUT2D eigenvalue weighted by atomic mass is 16.5. The summed E-state index contributed by atoms with van der Waals surface area (Å²) >= 11 is 0. The van der Waals surface area contributed by atoms with E-state index in [0.717, 1.165) is 28.2 Å². The van der Waals surface area contributed by atoms with Gasteiger partial charge in [0.1, 0.15) is 35.9 Å². The summed E-state index contributed by atoms with van der Waals surface area (Å²) in [5.74, 6) is 1.56. The van der Waals surface area contributed by atoms with Crippen molar-refractivity contribution in [1.29, 1.82) is 0 Å². The Balaban J connectivity index is 1.85. The van der Waals surface area contributed by atoms with E-state index in [1.807, 2.05) is 49.4 Å². The minimum absolute atomic E-state index is 0.583. The molecule has 0 amide bonds. The molecule has 0 saturated carbocycles. The molecule has 6 nitrogen and oxygen atoms in total. The predicted molar refractivity (Wildman–Crippen MR) is 105 cm³/mol. The largest absolute Gasteiger partial charge is 0.496 e. The Morgan fingerprint density at radius 2 is 1.68 bits per heavy atom. The molecular weight excluding hydrogens is 360 g/mol. The van der Waals surface area contributed by atoms with E-state index in [1.54, 1.807) is 14.0 Å².